The lowest BCUT2D eigenvalue weighted by Crippen LogP contribution is -2.47. The van der Waals surface area contributed by atoms with Crippen molar-refractivity contribution >= 4 is 5.91 Å². The number of benzene rings is 1. The maximum absolute atomic E-state index is 12.9. The van der Waals surface area contributed by atoms with Crippen LogP contribution in [0.2, 0.25) is 0 Å². The largest absolute Gasteiger partial charge is 0.389 e. The maximum atomic E-state index is 12.9. The Morgan fingerprint density at radius 2 is 1.84 bits per heavy atom. The number of halogens is 1. The van der Waals surface area contributed by atoms with Crippen molar-refractivity contribution in [1.29, 1.82) is 0 Å². The van der Waals surface area contributed by atoms with Gasteiger partial charge in [-0.1, -0.05) is 31.4 Å². The quantitative estimate of drug-likeness (QED) is 0.876. The zero-order valence-corrected chi connectivity index (χ0v) is 10.9. The Morgan fingerprint density at radius 1 is 1.26 bits per heavy atom. The zero-order valence-electron chi connectivity index (χ0n) is 10.9. The van der Waals surface area contributed by atoms with Crippen LogP contribution < -0.4 is 5.73 Å². The number of rotatable bonds is 4. The second-order valence-electron chi connectivity index (χ2n) is 5.45. The van der Waals surface area contributed by atoms with Crippen molar-refractivity contribution in [2.24, 2.45) is 11.7 Å². The number of hydrogen-bond donors (Lipinski definition) is 2. The molecule has 1 amide bonds. The summed E-state index contributed by atoms with van der Waals surface area (Å²) >= 11 is 0. The fourth-order valence-electron chi connectivity index (χ4n) is 2.92. The molecule has 104 valence electrons. The second kappa shape index (κ2) is 5.70. The fourth-order valence-corrected chi connectivity index (χ4v) is 2.92. The van der Waals surface area contributed by atoms with Crippen LogP contribution in [0.5, 0.6) is 0 Å². The molecule has 0 aliphatic heterocycles. The third-order valence-electron chi connectivity index (χ3n) is 4.06. The minimum atomic E-state index is -1.00. The Bertz CT molecular complexity index is 438. The van der Waals surface area contributed by atoms with E-state index in [1.165, 1.54) is 12.1 Å². The van der Waals surface area contributed by atoms with Crippen LogP contribution in [0.25, 0.3) is 0 Å². The van der Waals surface area contributed by atoms with Gasteiger partial charge in [-0.05, 0) is 37.0 Å². The molecule has 1 aromatic carbocycles. The lowest BCUT2D eigenvalue weighted by atomic mass is 9.73. The molecule has 4 heteroatoms. The van der Waals surface area contributed by atoms with Gasteiger partial charge in [0, 0.05) is 0 Å². The van der Waals surface area contributed by atoms with Crippen LogP contribution in [0.1, 0.15) is 37.7 Å². The highest BCUT2D eigenvalue weighted by Gasteiger charge is 2.40. The number of primary amides is 1. The first-order chi connectivity index (χ1) is 9.01. The van der Waals surface area contributed by atoms with E-state index in [1.54, 1.807) is 12.1 Å². The van der Waals surface area contributed by atoms with Gasteiger partial charge in [-0.3, -0.25) is 4.79 Å². The first-order valence-electron chi connectivity index (χ1n) is 6.77. The maximum Gasteiger partial charge on any atom is 0.223 e. The second-order valence-corrected chi connectivity index (χ2v) is 5.45. The van der Waals surface area contributed by atoms with E-state index in [0.29, 0.717) is 19.3 Å². The molecule has 0 saturated heterocycles. The summed E-state index contributed by atoms with van der Waals surface area (Å²) in [6, 6.07) is 5.99. The topological polar surface area (TPSA) is 63.3 Å². The van der Waals surface area contributed by atoms with Crippen LogP contribution in [-0.2, 0) is 11.2 Å². The van der Waals surface area contributed by atoms with Crippen LogP contribution in [0.4, 0.5) is 4.39 Å². The van der Waals surface area contributed by atoms with Crippen molar-refractivity contribution in [2.45, 2.75) is 44.1 Å². The van der Waals surface area contributed by atoms with Gasteiger partial charge >= 0.3 is 0 Å². The molecule has 1 saturated carbocycles. The number of nitrogens with two attached hydrogens (primary N) is 1. The predicted molar refractivity (Wildman–Crippen MR) is 70.8 cm³/mol. The van der Waals surface area contributed by atoms with E-state index >= 15 is 0 Å². The highest BCUT2D eigenvalue weighted by molar-refractivity contribution is 5.78. The number of carbonyl (C=O) groups is 1. The van der Waals surface area contributed by atoms with Crippen molar-refractivity contribution < 1.29 is 14.3 Å². The molecule has 3 nitrogen and oxygen atoms in total. The normalized spacial score (nSPS) is 19.9. The molecule has 1 fully saturated rings. The van der Waals surface area contributed by atoms with E-state index in [-0.39, 0.29) is 5.82 Å². The Hall–Kier alpha value is -1.42. The molecule has 0 spiro atoms. The molecule has 1 aromatic rings. The van der Waals surface area contributed by atoms with E-state index < -0.39 is 17.4 Å². The first kappa shape index (κ1) is 14.0. The van der Waals surface area contributed by atoms with E-state index in [1.807, 2.05) is 0 Å². The van der Waals surface area contributed by atoms with Crippen molar-refractivity contribution in [3.63, 3.8) is 0 Å². The Labute approximate surface area is 112 Å². The van der Waals surface area contributed by atoms with Gasteiger partial charge in [0.25, 0.3) is 0 Å². The molecule has 3 N–H and O–H groups in total. The summed E-state index contributed by atoms with van der Waals surface area (Å²) in [5.74, 6) is -1.39. The molecule has 19 heavy (non-hydrogen) atoms. The van der Waals surface area contributed by atoms with Crippen molar-refractivity contribution in [3.8, 4) is 0 Å². The average Bonchev–Trinajstić information content (AvgIpc) is 2.38. The smallest absolute Gasteiger partial charge is 0.223 e. The molecule has 1 unspecified atom stereocenters. The van der Waals surface area contributed by atoms with E-state index in [2.05, 4.69) is 0 Å². The Kier molecular flexibility index (Phi) is 4.20. The van der Waals surface area contributed by atoms with Crippen LogP contribution >= 0.6 is 0 Å². The van der Waals surface area contributed by atoms with E-state index in [4.69, 9.17) is 5.73 Å². The molecule has 1 aliphatic carbocycles. The Morgan fingerprint density at radius 3 is 2.37 bits per heavy atom. The van der Waals surface area contributed by atoms with Gasteiger partial charge in [0.15, 0.2) is 0 Å². The van der Waals surface area contributed by atoms with Crippen LogP contribution in [0.3, 0.4) is 0 Å². The first-order valence-corrected chi connectivity index (χ1v) is 6.77. The molecular weight excluding hydrogens is 245 g/mol. The minimum Gasteiger partial charge on any atom is -0.389 e. The highest BCUT2D eigenvalue weighted by atomic mass is 19.1. The molecule has 1 aliphatic rings. The molecule has 0 radical (unpaired) electrons. The molecule has 0 aromatic heterocycles. The molecule has 0 heterocycles. The summed E-state index contributed by atoms with van der Waals surface area (Å²) in [4.78, 5) is 11.7. The van der Waals surface area contributed by atoms with Gasteiger partial charge in [0.2, 0.25) is 5.91 Å². The molecule has 2 rings (SSSR count). The summed E-state index contributed by atoms with van der Waals surface area (Å²) in [6.45, 7) is 0. The predicted octanol–water partition coefficient (Wildman–Crippen LogP) is 2.16. The van der Waals surface area contributed by atoms with Crippen LogP contribution in [-0.4, -0.2) is 16.6 Å². The average molecular weight is 265 g/mol. The van der Waals surface area contributed by atoms with Crippen LogP contribution in [0.15, 0.2) is 24.3 Å². The standard InChI is InChI=1S/C15H20FNO2/c16-12-6-4-11(5-7-12)10-13(14(17)18)15(19)8-2-1-3-9-15/h4-7,13,19H,1-3,8-10H2,(H2,17,18). The minimum absolute atomic E-state index is 0.309. The van der Waals surface area contributed by atoms with Gasteiger partial charge in [-0.15, -0.1) is 0 Å². The monoisotopic (exact) mass is 265 g/mol. The van der Waals surface area contributed by atoms with Crippen molar-refractivity contribution in [3.05, 3.63) is 35.6 Å². The molecule has 1 atom stereocenters. The molecular formula is C15H20FNO2. The lowest BCUT2D eigenvalue weighted by molar-refractivity contribution is -0.134. The summed E-state index contributed by atoms with van der Waals surface area (Å²) in [5, 5.41) is 10.6. The number of carbonyl (C=O) groups excluding carboxylic acids is 1. The highest BCUT2D eigenvalue weighted by Crippen LogP contribution is 2.36. The van der Waals surface area contributed by atoms with Gasteiger partial charge in [0.05, 0.1) is 11.5 Å². The summed E-state index contributed by atoms with van der Waals surface area (Å²) in [7, 11) is 0. The number of amides is 1. The van der Waals surface area contributed by atoms with E-state index in [0.717, 1.165) is 24.8 Å². The SMILES string of the molecule is NC(=O)C(Cc1ccc(F)cc1)C1(O)CCCCC1. The number of aliphatic hydroxyl groups is 1. The van der Waals surface area contributed by atoms with Crippen molar-refractivity contribution in [2.75, 3.05) is 0 Å². The van der Waals surface area contributed by atoms with Gasteiger partial charge in [0.1, 0.15) is 5.82 Å². The summed E-state index contributed by atoms with van der Waals surface area (Å²) in [5.41, 5.74) is 5.28. The zero-order chi connectivity index (χ0) is 13.9. The molecule has 0 bridgehead atoms. The number of hydrogen-bond acceptors (Lipinski definition) is 2. The third-order valence-corrected chi connectivity index (χ3v) is 4.06. The van der Waals surface area contributed by atoms with Crippen LogP contribution in [0, 0.1) is 11.7 Å². The third kappa shape index (κ3) is 3.32. The van der Waals surface area contributed by atoms with Gasteiger partial charge < -0.3 is 10.8 Å². The Balaban J connectivity index is 2.16. The summed E-state index contributed by atoms with van der Waals surface area (Å²) < 4.78 is 12.9. The van der Waals surface area contributed by atoms with Gasteiger partial charge in [-0.2, -0.15) is 0 Å². The fraction of sp³-hybridized carbons (Fsp3) is 0.533. The lowest BCUT2D eigenvalue weighted by Gasteiger charge is -2.37. The summed E-state index contributed by atoms with van der Waals surface area (Å²) in [6.07, 6.45) is 4.52. The van der Waals surface area contributed by atoms with Gasteiger partial charge in [-0.25, -0.2) is 4.39 Å². The van der Waals surface area contributed by atoms with Crippen molar-refractivity contribution in [1.82, 2.24) is 0 Å². The van der Waals surface area contributed by atoms with E-state index in [9.17, 15) is 14.3 Å².